The van der Waals surface area contributed by atoms with Gasteiger partial charge in [0.1, 0.15) is 11.2 Å². The first-order valence-electron chi connectivity index (χ1n) is 10.1. The van der Waals surface area contributed by atoms with Gasteiger partial charge >= 0.3 is 0 Å². The zero-order valence-corrected chi connectivity index (χ0v) is 16.5. The van der Waals surface area contributed by atoms with Crippen LogP contribution in [0.1, 0.15) is 70.5 Å². The molecule has 2 atom stereocenters. The standard InChI is InChI=1S/C20H29N3O5/c1-3-4-5-14(11-16(24)22-27)17(25)20(9-8-19(12-20)6-7-19)18(26)21-15-10-13(2)28-23-15/h10,14,27H,3-9,11-12H2,1-2H3,(H,22,24)(H,21,23,26). The molecule has 0 aliphatic heterocycles. The van der Waals surface area contributed by atoms with Crippen LogP contribution in [-0.2, 0) is 14.4 Å². The summed E-state index contributed by atoms with van der Waals surface area (Å²) in [5.74, 6) is -0.876. The molecule has 2 fully saturated rings. The van der Waals surface area contributed by atoms with Crippen LogP contribution in [0.25, 0.3) is 0 Å². The van der Waals surface area contributed by atoms with Crippen molar-refractivity contribution in [3.63, 3.8) is 0 Å². The number of hydrogen-bond donors (Lipinski definition) is 3. The van der Waals surface area contributed by atoms with E-state index in [4.69, 9.17) is 9.73 Å². The first kappa shape index (κ1) is 20.5. The van der Waals surface area contributed by atoms with Crippen molar-refractivity contribution < 1.29 is 24.1 Å². The second-order valence-corrected chi connectivity index (χ2v) is 8.48. The number of Topliss-reactive ketones (excluding diaryl/α,β-unsaturated/α-hetero) is 1. The maximum absolute atomic E-state index is 13.6. The molecule has 3 rings (SSSR count). The lowest BCUT2D eigenvalue weighted by molar-refractivity contribution is -0.145. The number of amides is 2. The van der Waals surface area contributed by atoms with Crippen molar-refractivity contribution in [3.8, 4) is 0 Å². The van der Waals surface area contributed by atoms with Gasteiger partial charge < -0.3 is 9.84 Å². The minimum Gasteiger partial charge on any atom is -0.360 e. The minimum absolute atomic E-state index is 0.0846. The number of hydroxylamine groups is 1. The normalized spacial score (nSPS) is 23.4. The maximum Gasteiger partial charge on any atom is 0.244 e. The number of unbranched alkanes of at least 4 members (excludes halogenated alkanes) is 1. The second-order valence-electron chi connectivity index (χ2n) is 8.48. The van der Waals surface area contributed by atoms with Gasteiger partial charge in [0.2, 0.25) is 11.8 Å². The summed E-state index contributed by atoms with van der Waals surface area (Å²) in [6.07, 6.45) is 5.99. The Labute approximate surface area is 164 Å². The molecule has 2 saturated carbocycles. The number of nitrogens with zero attached hydrogens (tertiary/aromatic N) is 1. The molecule has 2 aliphatic carbocycles. The van der Waals surface area contributed by atoms with Gasteiger partial charge in [0.25, 0.3) is 0 Å². The summed E-state index contributed by atoms with van der Waals surface area (Å²) in [4.78, 5) is 38.7. The minimum atomic E-state index is -1.16. The van der Waals surface area contributed by atoms with Crippen molar-refractivity contribution >= 4 is 23.4 Å². The predicted molar refractivity (Wildman–Crippen MR) is 100 cm³/mol. The highest BCUT2D eigenvalue weighted by Crippen LogP contribution is 2.64. The number of aromatic nitrogens is 1. The van der Waals surface area contributed by atoms with Crippen molar-refractivity contribution in [2.75, 3.05) is 5.32 Å². The fourth-order valence-electron chi connectivity index (χ4n) is 4.51. The van der Waals surface area contributed by atoms with Crippen LogP contribution in [0.4, 0.5) is 5.82 Å². The smallest absolute Gasteiger partial charge is 0.244 e. The average molecular weight is 391 g/mol. The molecular weight excluding hydrogens is 362 g/mol. The molecule has 2 unspecified atom stereocenters. The first-order chi connectivity index (χ1) is 13.3. The van der Waals surface area contributed by atoms with E-state index in [1.54, 1.807) is 18.5 Å². The highest BCUT2D eigenvalue weighted by molar-refractivity contribution is 6.12. The molecule has 1 aromatic rings. The Balaban J connectivity index is 1.85. The quantitative estimate of drug-likeness (QED) is 0.338. The topological polar surface area (TPSA) is 122 Å². The van der Waals surface area contributed by atoms with Crippen LogP contribution in [0.2, 0.25) is 0 Å². The van der Waals surface area contributed by atoms with Gasteiger partial charge in [0.15, 0.2) is 11.6 Å². The molecule has 3 N–H and O–H groups in total. The maximum atomic E-state index is 13.6. The summed E-state index contributed by atoms with van der Waals surface area (Å²) in [5.41, 5.74) is 0.546. The number of carbonyl (C=O) groups excluding carboxylic acids is 3. The van der Waals surface area contributed by atoms with Crippen molar-refractivity contribution in [1.82, 2.24) is 10.6 Å². The highest BCUT2D eigenvalue weighted by Gasteiger charge is 2.61. The van der Waals surface area contributed by atoms with E-state index >= 15 is 0 Å². The first-order valence-corrected chi connectivity index (χ1v) is 10.1. The Morgan fingerprint density at radius 3 is 2.54 bits per heavy atom. The molecule has 0 bridgehead atoms. The van der Waals surface area contributed by atoms with Crippen molar-refractivity contribution in [1.29, 1.82) is 0 Å². The van der Waals surface area contributed by atoms with E-state index in [0.29, 0.717) is 30.8 Å². The van der Waals surface area contributed by atoms with Crippen LogP contribution in [0.5, 0.6) is 0 Å². The Hall–Kier alpha value is -2.22. The Morgan fingerprint density at radius 2 is 2.00 bits per heavy atom. The van der Waals surface area contributed by atoms with E-state index < -0.39 is 17.2 Å². The number of nitrogens with one attached hydrogen (secondary N) is 2. The number of rotatable bonds is 9. The molecule has 0 aromatic carbocycles. The Bertz CT molecular complexity index is 755. The van der Waals surface area contributed by atoms with Gasteiger partial charge in [-0.3, -0.25) is 19.6 Å². The van der Waals surface area contributed by atoms with Gasteiger partial charge in [0, 0.05) is 18.4 Å². The van der Waals surface area contributed by atoms with Crippen molar-refractivity contribution in [3.05, 3.63) is 11.8 Å². The van der Waals surface area contributed by atoms with Crippen LogP contribution in [0.3, 0.4) is 0 Å². The molecule has 28 heavy (non-hydrogen) atoms. The highest BCUT2D eigenvalue weighted by atomic mass is 16.5. The summed E-state index contributed by atoms with van der Waals surface area (Å²) >= 11 is 0. The van der Waals surface area contributed by atoms with Crippen LogP contribution in [-0.4, -0.2) is 28.0 Å². The monoisotopic (exact) mass is 391 g/mol. The third-order valence-electron chi connectivity index (χ3n) is 6.33. The molecule has 2 amide bonds. The summed E-state index contributed by atoms with van der Waals surface area (Å²) in [6, 6.07) is 1.62. The van der Waals surface area contributed by atoms with E-state index in [2.05, 4.69) is 10.5 Å². The van der Waals surface area contributed by atoms with Crippen LogP contribution in [0, 0.1) is 23.7 Å². The molecule has 8 heteroatoms. The van der Waals surface area contributed by atoms with Gasteiger partial charge in [-0.15, -0.1) is 0 Å². The average Bonchev–Trinajstić information content (AvgIpc) is 3.13. The van der Waals surface area contributed by atoms with Gasteiger partial charge in [-0.2, -0.15) is 0 Å². The number of carbonyl (C=O) groups is 3. The predicted octanol–water partition coefficient (Wildman–Crippen LogP) is 3.14. The van der Waals surface area contributed by atoms with Crippen molar-refractivity contribution in [2.24, 2.45) is 16.7 Å². The Morgan fingerprint density at radius 1 is 1.29 bits per heavy atom. The van der Waals surface area contributed by atoms with E-state index in [-0.39, 0.29) is 23.5 Å². The molecular formula is C20H29N3O5. The molecule has 0 radical (unpaired) electrons. The fourth-order valence-corrected chi connectivity index (χ4v) is 4.51. The lowest BCUT2D eigenvalue weighted by Crippen LogP contribution is -2.45. The molecule has 8 nitrogen and oxygen atoms in total. The summed E-state index contributed by atoms with van der Waals surface area (Å²) in [7, 11) is 0. The van der Waals surface area contributed by atoms with Crippen LogP contribution in [0.15, 0.2) is 10.6 Å². The number of ketones is 1. The summed E-state index contributed by atoms with van der Waals surface area (Å²) in [6.45, 7) is 3.74. The zero-order valence-electron chi connectivity index (χ0n) is 16.5. The lowest BCUT2D eigenvalue weighted by atomic mass is 9.72. The second kappa shape index (κ2) is 8.03. The van der Waals surface area contributed by atoms with E-state index in [0.717, 1.165) is 32.1 Å². The third kappa shape index (κ3) is 4.11. The molecule has 2 aliphatic rings. The van der Waals surface area contributed by atoms with Gasteiger partial charge in [-0.1, -0.05) is 24.9 Å². The molecule has 0 saturated heterocycles. The SMILES string of the molecule is CCCCC(CC(=O)NO)C(=O)C1(C(=O)Nc2cc(C)on2)CCC2(CC2)C1. The van der Waals surface area contributed by atoms with Crippen molar-refractivity contribution in [2.45, 2.75) is 71.6 Å². The number of aryl methyl sites for hydroxylation is 1. The third-order valence-corrected chi connectivity index (χ3v) is 6.33. The molecule has 1 heterocycles. The number of hydrogen-bond acceptors (Lipinski definition) is 6. The van der Waals surface area contributed by atoms with Gasteiger partial charge in [-0.25, -0.2) is 5.48 Å². The summed E-state index contributed by atoms with van der Waals surface area (Å²) < 4.78 is 5.01. The van der Waals surface area contributed by atoms with Gasteiger partial charge in [-0.05, 0) is 50.9 Å². The zero-order chi connectivity index (χ0) is 20.4. The van der Waals surface area contributed by atoms with Crippen LogP contribution >= 0.6 is 0 Å². The van der Waals surface area contributed by atoms with Gasteiger partial charge in [0.05, 0.1) is 0 Å². The largest absolute Gasteiger partial charge is 0.360 e. The lowest BCUT2D eigenvalue weighted by Gasteiger charge is -2.30. The molecule has 1 spiro atoms. The van der Waals surface area contributed by atoms with E-state index in [1.807, 2.05) is 6.92 Å². The fraction of sp³-hybridized carbons (Fsp3) is 0.700. The molecule has 1 aromatic heterocycles. The summed E-state index contributed by atoms with van der Waals surface area (Å²) in [5, 5.41) is 15.5. The van der Waals surface area contributed by atoms with E-state index in [9.17, 15) is 14.4 Å². The Kier molecular flexibility index (Phi) is 5.88. The van der Waals surface area contributed by atoms with E-state index in [1.165, 1.54) is 0 Å². The molecule has 154 valence electrons. The van der Waals surface area contributed by atoms with Crippen LogP contribution < -0.4 is 10.8 Å². The number of anilines is 1.